The number of hydrogen-bond acceptors (Lipinski definition) is 4. The number of aromatic nitrogens is 5. The number of aromatic amines is 2. The molecular weight excluding hydrogens is 328 g/mol. The van der Waals surface area contributed by atoms with E-state index >= 15 is 0 Å². The first-order chi connectivity index (χ1) is 11.1. The predicted molar refractivity (Wildman–Crippen MR) is 91.8 cm³/mol. The first-order valence-electron chi connectivity index (χ1n) is 6.83. The molecule has 0 unspecified atom stereocenters. The second kappa shape index (κ2) is 4.87. The number of aryl methyl sites for hydroxylation is 1. The third-order valence-electron chi connectivity index (χ3n) is 3.75. The van der Waals surface area contributed by atoms with Gasteiger partial charge in [0.1, 0.15) is 16.3 Å². The molecule has 0 atom stereocenters. The van der Waals surface area contributed by atoms with Crippen LogP contribution >= 0.6 is 24.4 Å². The lowest BCUT2D eigenvalue weighted by Gasteiger charge is -2.06. The second-order valence-corrected chi connectivity index (χ2v) is 5.88. The molecule has 0 amide bonds. The van der Waals surface area contributed by atoms with Gasteiger partial charge >= 0.3 is 0 Å². The average Bonchev–Trinajstić information content (AvgIpc) is 3.10. The lowest BCUT2D eigenvalue weighted by molar-refractivity contribution is 0.888. The Morgan fingerprint density at radius 1 is 1.17 bits per heavy atom. The molecule has 3 heterocycles. The molecule has 0 aliphatic carbocycles. The third-order valence-corrected chi connectivity index (χ3v) is 4.31. The molecule has 23 heavy (non-hydrogen) atoms. The molecule has 112 valence electrons. The number of benzene rings is 1. The highest BCUT2D eigenvalue weighted by Crippen LogP contribution is 2.28. The van der Waals surface area contributed by atoms with Crippen molar-refractivity contribution in [2.24, 2.45) is 0 Å². The number of nitrogens with zero attached hydrogens (tertiary/aromatic N) is 4. The van der Waals surface area contributed by atoms with E-state index in [0.29, 0.717) is 26.1 Å². The van der Waals surface area contributed by atoms with Crippen LogP contribution in [0.2, 0.25) is 0 Å². The Morgan fingerprint density at radius 3 is 2.61 bits per heavy atom. The van der Waals surface area contributed by atoms with Gasteiger partial charge in [0.15, 0.2) is 5.65 Å². The first-order valence-corrected chi connectivity index (χ1v) is 7.65. The molecule has 6 nitrogen and oxygen atoms in total. The summed E-state index contributed by atoms with van der Waals surface area (Å²) < 4.78 is 4.29. The van der Waals surface area contributed by atoms with Crippen LogP contribution in [0.25, 0.3) is 22.2 Å². The maximum atomic E-state index is 9.70. The lowest BCUT2D eigenvalue weighted by atomic mass is 10.2. The topological polar surface area (TPSA) is 77.6 Å². The molecule has 4 aromatic rings. The van der Waals surface area contributed by atoms with Crippen LogP contribution in [0, 0.1) is 27.7 Å². The lowest BCUT2D eigenvalue weighted by Crippen LogP contribution is -2.00. The molecule has 4 rings (SSSR count). The molecule has 0 spiro atoms. The van der Waals surface area contributed by atoms with Gasteiger partial charge in [-0.2, -0.15) is 10.2 Å². The summed E-state index contributed by atoms with van der Waals surface area (Å²) >= 11 is 10.7. The van der Waals surface area contributed by atoms with Gasteiger partial charge in [-0.3, -0.25) is 14.9 Å². The van der Waals surface area contributed by atoms with Crippen molar-refractivity contribution in [1.29, 1.82) is 5.26 Å². The molecule has 8 heteroatoms. The van der Waals surface area contributed by atoms with E-state index < -0.39 is 0 Å². The zero-order chi connectivity index (χ0) is 16.1. The fraction of sp³-hybridized carbons (Fsp3) is 0.0667. The average molecular weight is 338 g/mol. The van der Waals surface area contributed by atoms with Crippen molar-refractivity contribution in [1.82, 2.24) is 24.4 Å². The molecule has 1 aromatic carbocycles. The Morgan fingerprint density at radius 2 is 1.91 bits per heavy atom. The number of fused-ring (bicyclic) bond motifs is 2. The summed E-state index contributed by atoms with van der Waals surface area (Å²) in [4.78, 5) is 4.24. The smallest absolute Gasteiger partial charge is 0.214 e. The van der Waals surface area contributed by atoms with E-state index in [0.717, 1.165) is 16.8 Å². The van der Waals surface area contributed by atoms with E-state index in [1.54, 1.807) is 4.52 Å². The largest absolute Gasteiger partial charge is 0.297 e. The standard InChI is InChI=1S/C15H10N6S2/c1-8-11-12(20(18-8)9-5-3-2-4-6-9)10(7-16)13-17-15(23)19-21(13)14(11)22/h2-6,18H,1H3,(H,19,23). The molecule has 0 fully saturated rings. The Labute approximate surface area is 140 Å². The van der Waals surface area contributed by atoms with E-state index in [-0.39, 0.29) is 0 Å². The van der Waals surface area contributed by atoms with E-state index in [9.17, 15) is 5.26 Å². The predicted octanol–water partition coefficient (Wildman–Crippen LogP) is 3.57. The number of para-hydroxylation sites is 1. The maximum absolute atomic E-state index is 9.70. The molecule has 0 saturated carbocycles. The summed E-state index contributed by atoms with van der Waals surface area (Å²) in [7, 11) is 0. The fourth-order valence-corrected chi connectivity index (χ4v) is 3.35. The van der Waals surface area contributed by atoms with Crippen LogP contribution in [0.3, 0.4) is 0 Å². The molecule has 0 saturated heterocycles. The summed E-state index contributed by atoms with van der Waals surface area (Å²) in [5.74, 6) is 0. The van der Waals surface area contributed by atoms with Crippen molar-refractivity contribution in [2.75, 3.05) is 0 Å². The van der Waals surface area contributed by atoms with Gasteiger partial charge in [-0.05, 0) is 31.3 Å². The zero-order valence-corrected chi connectivity index (χ0v) is 13.6. The molecular formula is C15H10N6S2. The summed E-state index contributed by atoms with van der Waals surface area (Å²) in [6.45, 7) is 1.93. The van der Waals surface area contributed by atoms with Crippen molar-refractivity contribution in [3.8, 4) is 11.8 Å². The van der Waals surface area contributed by atoms with Gasteiger partial charge in [0.25, 0.3) is 0 Å². The van der Waals surface area contributed by atoms with Gasteiger partial charge < -0.3 is 0 Å². The minimum atomic E-state index is 0.299. The summed E-state index contributed by atoms with van der Waals surface area (Å²) in [6, 6.07) is 12.0. The van der Waals surface area contributed by atoms with Crippen molar-refractivity contribution in [3.63, 3.8) is 0 Å². The highest BCUT2D eigenvalue weighted by atomic mass is 32.1. The van der Waals surface area contributed by atoms with E-state index in [2.05, 4.69) is 21.3 Å². The number of hydrogen-bond donors (Lipinski definition) is 2. The van der Waals surface area contributed by atoms with Crippen molar-refractivity contribution < 1.29 is 0 Å². The number of nitrogens with one attached hydrogen (secondary N) is 2. The summed E-state index contributed by atoms with van der Waals surface area (Å²) in [5.41, 5.74) is 3.37. The molecule has 0 aliphatic heterocycles. The monoisotopic (exact) mass is 338 g/mol. The number of pyridine rings is 1. The summed E-state index contributed by atoms with van der Waals surface area (Å²) in [6.07, 6.45) is 0. The second-order valence-electron chi connectivity index (χ2n) is 5.11. The van der Waals surface area contributed by atoms with Crippen LogP contribution in [-0.2, 0) is 0 Å². The normalized spacial score (nSPS) is 11.1. The van der Waals surface area contributed by atoms with Crippen LogP contribution in [0.15, 0.2) is 30.3 Å². The van der Waals surface area contributed by atoms with Crippen LogP contribution in [0.1, 0.15) is 11.3 Å². The fourth-order valence-electron chi connectivity index (χ4n) is 2.79. The van der Waals surface area contributed by atoms with Crippen molar-refractivity contribution in [3.05, 3.63) is 51.0 Å². The Kier molecular flexibility index (Phi) is 2.94. The summed E-state index contributed by atoms with van der Waals surface area (Å²) in [5, 5.41) is 16.7. The van der Waals surface area contributed by atoms with Crippen LogP contribution in [-0.4, -0.2) is 24.4 Å². The number of nitriles is 1. The molecule has 3 aromatic heterocycles. The third kappa shape index (κ3) is 1.87. The van der Waals surface area contributed by atoms with Gasteiger partial charge in [-0.1, -0.05) is 30.4 Å². The first kappa shape index (κ1) is 13.9. The molecule has 0 aliphatic rings. The quantitative estimate of drug-likeness (QED) is 0.520. The van der Waals surface area contributed by atoms with Crippen molar-refractivity contribution >= 4 is 41.0 Å². The minimum absolute atomic E-state index is 0.299. The zero-order valence-electron chi connectivity index (χ0n) is 12.0. The molecule has 0 radical (unpaired) electrons. The SMILES string of the molecule is Cc1[nH]n(-c2ccccc2)c2c(C#N)c3nc(=S)[nH]n3c(=S)c12. The molecule has 2 N–H and O–H groups in total. The maximum Gasteiger partial charge on any atom is 0.214 e. The number of H-pyrrole nitrogens is 2. The van der Waals surface area contributed by atoms with Gasteiger partial charge in [-0.25, -0.2) is 4.52 Å². The highest BCUT2D eigenvalue weighted by Gasteiger charge is 2.19. The van der Waals surface area contributed by atoms with Crippen molar-refractivity contribution in [2.45, 2.75) is 6.92 Å². The Balaban J connectivity index is 2.31. The van der Waals surface area contributed by atoms with Crippen LogP contribution < -0.4 is 0 Å². The van der Waals surface area contributed by atoms with Gasteiger partial charge in [0.05, 0.1) is 16.6 Å². The van der Waals surface area contributed by atoms with Crippen LogP contribution in [0.4, 0.5) is 0 Å². The Bertz CT molecular complexity index is 1220. The minimum Gasteiger partial charge on any atom is -0.297 e. The van der Waals surface area contributed by atoms with E-state index in [4.69, 9.17) is 24.4 Å². The van der Waals surface area contributed by atoms with Crippen LogP contribution in [0.5, 0.6) is 0 Å². The van der Waals surface area contributed by atoms with Gasteiger partial charge in [0, 0.05) is 5.69 Å². The molecule has 0 bridgehead atoms. The van der Waals surface area contributed by atoms with E-state index in [1.165, 1.54) is 0 Å². The van der Waals surface area contributed by atoms with E-state index in [1.807, 2.05) is 41.9 Å². The van der Waals surface area contributed by atoms with Gasteiger partial charge in [-0.15, -0.1) is 0 Å². The number of rotatable bonds is 1. The highest BCUT2D eigenvalue weighted by molar-refractivity contribution is 7.71. The van der Waals surface area contributed by atoms with Gasteiger partial charge in [0.2, 0.25) is 4.77 Å². The Hall–Kier alpha value is -2.76.